The Kier molecular flexibility index (Phi) is 9.84. The highest BCUT2D eigenvalue weighted by molar-refractivity contribution is 5.67. The van der Waals surface area contributed by atoms with Gasteiger partial charge in [-0.3, -0.25) is 0 Å². The zero-order valence-corrected chi connectivity index (χ0v) is 21.6. The molecule has 0 bridgehead atoms. The molecule has 0 radical (unpaired) electrons. The van der Waals surface area contributed by atoms with Gasteiger partial charge in [-0.15, -0.1) is 0 Å². The van der Waals surface area contributed by atoms with Crippen LogP contribution in [0.5, 0.6) is 0 Å². The molecule has 0 fully saturated rings. The highest BCUT2D eigenvalue weighted by Gasteiger charge is 2.13. The van der Waals surface area contributed by atoms with Crippen molar-refractivity contribution >= 4 is 23.5 Å². The average molecular weight is 497 g/mol. The Balaban J connectivity index is 1.83. The van der Waals surface area contributed by atoms with E-state index >= 15 is 0 Å². The summed E-state index contributed by atoms with van der Waals surface area (Å²) in [5.74, 6) is 0.0470. The molecule has 0 aromatic heterocycles. The van der Waals surface area contributed by atoms with Gasteiger partial charge in [0.1, 0.15) is 30.9 Å². The fourth-order valence-corrected chi connectivity index (χ4v) is 4.10. The fourth-order valence-electron chi connectivity index (χ4n) is 4.10. The number of allylic oxidation sites excluding steroid dienone is 1. The van der Waals surface area contributed by atoms with Crippen LogP contribution in [0.15, 0.2) is 84.2 Å². The van der Waals surface area contributed by atoms with Crippen LogP contribution in [0.25, 0.3) is 21.8 Å². The molecule has 0 aliphatic carbocycles. The average Bonchev–Trinajstić information content (AvgIpc) is 2.96. The number of nitriles is 2. The largest absolute Gasteiger partial charge is 0.519 e. The van der Waals surface area contributed by atoms with Crippen LogP contribution < -0.4 is 9.80 Å². The van der Waals surface area contributed by atoms with Crippen molar-refractivity contribution in [1.82, 2.24) is 0 Å². The van der Waals surface area contributed by atoms with Gasteiger partial charge < -0.3 is 9.80 Å². The van der Waals surface area contributed by atoms with Gasteiger partial charge >= 0.3 is 5.82 Å². The normalized spacial score (nSPS) is 9.63. The number of rotatable bonds is 10. The fraction of sp³-hybridized carbons (Fsp3) is 0.188. The molecule has 6 heteroatoms. The Labute approximate surface area is 225 Å². The maximum Gasteiger partial charge on any atom is 0.519 e. The zero-order valence-electron chi connectivity index (χ0n) is 21.6. The lowest BCUT2D eigenvalue weighted by molar-refractivity contribution is 0.738. The van der Waals surface area contributed by atoms with Gasteiger partial charge in [0.25, 0.3) is 0 Å². The second-order valence-electron chi connectivity index (χ2n) is 8.63. The lowest BCUT2D eigenvalue weighted by Gasteiger charge is -2.30. The summed E-state index contributed by atoms with van der Waals surface area (Å²) < 4.78 is 0. The molecular formula is C32H28N6. The Morgan fingerprint density at radius 2 is 1.47 bits per heavy atom. The highest BCUT2D eigenvalue weighted by Crippen LogP contribution is 2.23. The van der Waals surface area contributed by atoms with Gasteiger partial charge in [0.15, 0.2) is 0 Å². The first-order valence-electron chi connectivity index (χ1n) is 12.2. The van der Waals surface area contributed by atoms with Crippen LogP contribution >= 0.6 is 0 Å². The Bertz CT molecular complexity index is 1440. The Morgan fingerprint density at radius 3 is 2.05 bits per heavy atom. The summed E-state index contributed by atoms with van der Waals surface area (Å²) in [4.78, 5) is 11.1. The van der Waals surface area contributed by atoms with Crippen molar-refractivity contribution in [1.29, 1.82) is 10.5 Å². The number of benzene rings is 3. The van der Waals surface area contributed by atoms with E-state index in [1.54, 1.807) is 12.2 Å². The summed E-state index contributed by atoms with van der Waals surface area (Å²) in [5.41, 5.74) is 6.14. The highest BCUT2D eigenvalue weighted by atomic mass is 15.2. The molecule has 3 aromatic rings. The maximum atomic E-state index is 9.08. The minimum atomic E-state index is 0.0470. The third kappa shape index (κ3) is 7.35. The van der Waals surface area contributed by atoms with Gasteiger partial charge in [-0.2, -0.15) is 20.2 Å². The topological polar surface area (TPSA) is 62.8 Å². The molecular weight excluding hydrogens is 468 g/mol. The number of anilines is 2. The predicted molar refractivity (Wildman–Crippen MR) is 153 cm³/mol. The van der Waals surface area contributed by atoms with Gasteiger partial charge in [-0.05, 0) is 66.4 Å². The van der Waals surface area contributed by atoms with Crippen molar-refractivity contribution in [3.05, 3.63) is 129 Å². The SMILES string of the molecule is [C-]#[N+]C(=Cc1ccc(N(CCN(CC)c2ccc(C=C(C#N)C#N)c(C)c2)Cc2ccccc2)cc1)[N+]#[C-]. The summed E-state index contributed by atoms with van der Waals surface area (Å²) >= 11 is 0. The van der Waals surface area contributed by atoms with Crippen molar-refractivity contribution in [3.8, 4) is 12.1 Å². The van der Waals surface area contributed by atoms with Gasteiger partial charge in [0.2, 0.25) is 0 Å². The van der Waals surface area contributed by atoms with E-state index in [9.17, 15) is 0 Å². The van der Waals surface area contributed by atoms with Crippen molar-refractivity contribution in [2.24, 2.45) is 0 Å². The van der Waals surface area contributed by atoms with Crippen LogP contribution in [0.4, 0.5) is 11.4 Å². The van der Waals surface area contributed by atoms with Crippen LogP contribution in [-0.2, 0) is 6.54 Å². The van der Waals surface area contributed by atoms with E-state index in [0.717, 1.165) is 54.2 Å². The molecule has 0 aliphatic heterocycles. The van der Waals surface area contributed by atoms with Crippen LogP contribution in [0, 0.1) is 42.7 Å². The van der Waals surface area contributed by atoms with E-state index < -0.39 is 0 Å². The van der Waals surface area contributed by atoms with Gasteiger partial charge in [0.05, 0.1) is 0 Å². The molecule has 3 rings (SSSR count). The summed E-state index contributed by atoms with van der Waals surface area (Å²) in [6.45, 7) is 21.5. The molecule has 0 saturated heterocycles. The quantitative estimate of drug-likeness (QED) is 0.222. The lowest BCUT2D eigenvalue weighted by Crippen LogP contribution is -2.35. The summed E-state index contributed by atoms with van der Waals surface area (Å²) in [7, 11) is 0. The van der Waals surface area contributed by atoms with Crippen molar-refractivity contribution in [2.75, 3.05) is 29.4 Å². The number of hydrogen-bond acceptors (Lipinski definition) is 4. The molecule has 0 amide bonds. The second kappa shape index (κ2) is 13.7. The van der Waals surface area contributed by atoms with Gasteiger partial charge in [-0.1, -0.05) is 48.5 Å². The third-order valence-electron chi connectivity index (χ3n) is 6.18. The van der Waals surface area contributed by atoms with Crippen molar-refractivity contribution < 1.29 is 0 Å². The number of hydrogen-bond donors (Lipinski definition) is 0. The van der Waals surface area contributed by atoms with Crippen LogP contribution in [0.2, 0.25) is 0 Å². The summed E-state index contributed by atoms with van der Waals surface area (Å²) in [6, 6.07) is 28.2. The standard InChI is InChI=1S/C32H28N6/c1-5-37(31-16-13-29(25(2)19-31)20-28(22-33)23-34)17-18-38(24-27-9-7-6-8-10-27)30-14-11-26(12-15-30)21-32(35-3)36-4/h6-16,19-21H,5,17-18,24H2,1-2H3. The number of aryl methyl sites for hydroxylation is 1. The molecule has 186 valence electrons. The molecule has 0 unspecified atom stereocenters. The molecule has 38 heavy (non-hydrogen) atoms. The molecule has 0 aliphatic rings. The van der Waals surface area contributed by atoms with E-state index in [1.807, 2.05) is 73.7 Å². The zero-order chi connectivity index (χ0) is 27.3. The smallest absolute Gasteiger partial charge is 0.370 e. The van der Waals surface area contributed by atoms with E-state index in [1.165, 1.54) is 5.56 Å². The van der Waals surface area contributed by atoms with E-state index in [4.69, 9.17) is 23.7 Å². The van der Waals surface area contributed by atoms with E-state index in [-0.39, 0.29) is 11.4 Å². The van der Waals surface area contributed by atoms with Crippen molar-refractivity contribution in [3.63, 3.8) is 0 Å². The third-order valence-corrected chi connectivity index (χ3v) is 6.18. The second-order valence-corrected chi connectivity index (χ2v) is 8.63. The molecule has 0 saturated carbocycles. The van der Waals surface area contributed by atoms with Gasteiger partial charge in [-0.25, -0.2) is 0 Å². The summed E-state index contributed by atoms with van der Waals surface area (Å²) in [5, 5.41) is 18.2. The summed E-state index contributed by atoms with van der Waals surface area (Å²) in [6.07, 6.45) is 3.22. The van der Waals surface area contributed by atoms with Crippen LogP contribution in [-0.4, -0.2) is 19.6 Å². The van der Waals surface area contributed by atoms with Crippen molar-refractivity contribution in [2.45, 2.75) is 20.4 Å². The molecule has 0 N–H and O–H groups in total. The first-order chi connectivity index (χ1) is 18.5. The molecule has 0 heterocycles. The van der Waals surface area contributed by atoms with E-state index in [2.05, 4.69) is 44.6 Å². The van der Waals surface area contributed by atoms with Gasteiger partial charge in [0, 0.05) is 43.6 Å². The first kappa shape index (κ1) is 27.3. The van der Waals surface area contributed by atoms with E-state index in [0.29, 0.717) is 0 Å². The monoisotopic (exact) mass is 496 g/mol. The molecule has 0 spiro atoms. The number of likely N-dealkylation sites (N-methyl/N-ethyl adjacent to an activating group) is 1. The minimum Gasteiger partial charge on any atom is -0.370 e. The Hall–Kier alpha value is -5.30. The van der Waals surface area contributed by atoms with Crippen LogP contribution in [0.1, 0.15) is 29.2 Å². The number of nitrogens with zero attached hydrogens (tertiary/aromatic N) is 6. The maximum absolute atomic E-state index is 9.08. The minimum absolute atomic E-state index is 0.0470. The van der Waals surface area contributed by atoms with Crippen LogP contribution in [0.3, 0.4) is 0 Å². The molecule has 0 atom stereocenters. The molecule has 3 aromatic carbocycles. The Morgan fingerprint density at radius 1 is 0.842 bits per heavy atom. The first-order valence-corrected chi connectivity index (χ1v) is 12.2. The lowest BCUT2D eigenvalue weighted by atomic mass is 10.0. The predicted octanol–water partition coefficient (Wildman–Crippen LogP) is 7.10. The molecule has 6 nitrogen and oxygen atoms in total.